The van der Waals surface area contributed by atoms with Crippen molar-refractivity contribution < 1.29 is 9.13 Å². The van der Waals surface area contributed by atoms with Crippen LogP contribution in [0.1, 0.15) is 5.56 Å². The zero-order valence-corrected chi connectivity index (χ0v) is 11.5. The molecule has 0 bridgehead atoms. The summed E-state index contributed by atoms with van der Waals surface area (Å²) in [4.78, 5) is 18.4. The Hall–Kier alpha value is -2.33. The van der Waals surface area contributed by atoms with Crippen molar-refractivity contribution in [3.8, 4) is 23.1 Å². The lowest BCUT2D eigenvalue weighted by atomic mass is 10.1. The van der Waals surface area contributed by atoms with Crippen LogP contribution in [0.2, 0.25) is 0 Å². The Morgan fingerprint density at radius 2 is 2.25 bits per heavy atom. The van der Waals surface area contributed by atoms with Gasteiger partial charge >= 0.3 is 0 Å². The molecule has 0 spiro atoms. The fraction of sp³-hybridized carbons (Fsp3) is 0.154. The zero-order valence-electron chi connectivity index (χ0n) is 10.7. The van der Waals surface area contributed by atoms with Gasteiger partial charge in [-0.05, 0) is 18.4 Å². The van der Waals surface area contributed by atoms with Crippen LogP contribution in [0.5, 0.6) is 5.75 Å². The van der Waals surface area contributed by atoms with Crippen molar-refractivity contribution >= 4 is 11.8 Å². The number of benzene rings is 1. The number of ether oxygens (including phenoxy) is 1. The molecule has 1 heterocycles. The largest absolute Gasteiger partial charge is 0.494 e. The molecule has 0 amide bonds. The number of aromatic nitrogens is 2. The van der Waals surface area contributed by atoms with E-state index < -0.39 is 11.4 Å². The first-order chi connectivity index (χ1) is 9.62. The highest BCUT2D eigenvalue weighted by atomic mass is 32.2. The van der Waals surface area contributed by atoms with Crippen LogP contribution in [0.4, 0.5) is 4.39 Å². The molecule has 0 atom stereocenters. The molecule has 2 rings (SSSR count). The van der Waals surface area contributed by atoms with E-state index in [-0.39, 0.29) is 22.6 Å². The van der Waals surface area contributed by atoms with Gasteiger partial charge in [0.25, 0.3) is 5.56 Å². The first-order valence-electron chi connectivity index (χ1n) is 5.53. The molecule has 1 aromatic heterocycles. The second-order valence-corrected chi connectivity index (χ2v) is 4.53. The van der Waals surface area contributed by atoms with Crippen LogP contribution in [-0.4, -0.2) is 23.3 Å². The molecule has 20 heavy (non-hydrogen) atoms. The number of halogens is 1. The lowest BCUT2D eigenvalue weighted by Crippen LogP contribution is -2.15. The molecular formula is C13H10FN3O2S. The van der Waals surface area contributed by atoms with Gasteiger partial charge in [0.05, 0.1) is 12.8 Å². The van der Waals surface area contributed by atoms with Crippen molar-refractivity contribution in [3.05, 3.63) is 39.9 Å². The minimum atomic E-state index is -0.656. The summed E-state index contributed by atoms with van der Waals surface area (Å²) in [6.07, 6.45) is 1.72. The maximum atomic E-state index is 14.2. The van der Waals surface area contributed by atoms with Crippen molar-refractivity contribution in [3.63, 3.8) is 0 Å². The number of thioether (sulfide) groups is 1. The van der Waals surface area contributed by atoms with E-state index in [2.05, 4.69) is 9.97 Å². The van der Waals surface area contributed by atoms with Gasteiger partial charge in [0.15, 0.2) is 16.7 Å². The summed E-state index contributed by atoms with van der Waals surface area (Å²) < 4.78 is 19.1. The Balaban J connectivity index is 2.79. The van der Waals surface area contributed by atoms with Crippen LogP contribution in [0.3, 0.4) is 0 Å². The average Bonchev–Trinajstić information content (AvgIpc) is 2.46. The van der Waals surface area contributed by atoms with E-state index in [1.807, 2.05) is 0 Å². The molecule has 0 radical (unpaired) electrons. The molecule has 0 aliphatic rings. The summed E-state index contributed by atoms with van der Waals surface area (Å²) in [5.74, 6) is -0.629. The highest BCUT2D eigenvalue weighted by Crippen LogP contribution is 2.29. The number of aromatic amines is 1. The van der Waals surface area contributed by atoms with Gasteiger partial charge in [-0.1, -0.05) is 17.8 Å². The fourth-order valence-electron chi connectivity index (χ4n) is 1.70. The first-order valence-corrected chi connectivity index (χ1v) is 6.76. The van der Waals surface area contributed by atoms with E-state index in [4.69, 9.17) is 10.00 Å². The van der Waals surface area contributed by atoms with Gasteiger partial charge in [-0.3, -0.25) is 4.79 Å². The monoisotopic (exact) mass is 291 g/mol. The van der Waals surface area contributed by atoms with Crippen LogP contribution >= 0.6 is 11.8 Å². The molecule has 0 fully saturated rings. The lowest BCUT2D eigenvalue weighted by molar-refractivity contribution is 0.387. The lowest BCUT2D eigenvalue weighted by Gasteiger charge is -2.08. The second-order valence-electron chi connectivity index (χ2n) is 3.73. The molecule has 0 unspecified atom stereocenters. The Morgan fingerprint density at radius 1 is 1.50 bits per heavy atom. The molecule has 102 valence electrons. The third-order valence-corrected chi connectivity index (χ3v) is 3.22. The molecule has 7 heteroatoms. The topological polar surface area (TPSA) is 78.8 Å². The van der Waals surface area contributed by atoms with Crippen LogP contribution in [-0.2, 0) is 0 Å². The van der Waals surface area contributed by atoms with Gasteiger partial charge < -0.3 is 9.72 Å². The van der Waals surface area contributed by atoms with Crippen LogP contribution in [0.25, 0.3) is 11.3 Å². The summed E-state index contributed by atoms with van der Waals surface area (Å²) >= 11 is 1.20. The van der Waals surface area contributed by atoms with Crippen molar-refractivity contribution in [2.24, 2.45) is 0 Å². The quantitative estimate of drug-likeness (QED) is 0.692. The van der Waals surface area contributed by atoms with E-state index in [0.29, 0.717) is 5.16 Å². The molecule has 1 aromatic carbocycles. The number of nitrogens with zero attached hydrogens (tertiary/aromatic N) is 2. The summed E-state index contributed by atoms with van der Waals surface area (Å²) in [5.41, 5.74) is -0.752. The Labute approximate surface area is 118 Å². The molecule has 5 nitrogen and oxygen atoms in total. The van der Waals surface area contributed by atoms with E-state index >= 15 is 0 Å². The minimum Gasteiger partial charge on any atom is -0.494 e. The molecular weight excluding hydrogens is 281 g/mol. The van der Waals surface area contributed by atoms with Gasteiger partial charge in [-0.25, -0.2) is 9.37 Å². The predicted octanol–water partition coefficient (Wildman–Crippen LogP) is 2.18. The van der Waals surface area contributed by atoms with Crippen LogP contribution in [0, 0.1) is 17.1 Å². The number of hydrogen-bond acceptors (Lipinski definition) is 5. The smallest absolute Gasteiger partial charge is 0.270 e. The normalized spacial score (nSPS) is 10.1. The molecule has 0 aliphatic carbocycles. The maximum Gasteiger partial charge on any atom is 0.270 e. The van der Waals surface area contributed by atoms with Gasteiger partial charge in [-0.2, -0.15) is 5.26 Å². The number of nitrogens with one attached hydrogen (secondary N) is 1. The molecule has 0 saturated heterocycles. The number of nitriles is 1. The highest BCUT2D eigenvalue weighted by molar-refractivity contribution is 7.98. The Bertz CT molecular complexity index is 752. The summed E-state index contributed by atoms with van der Waals surface area (Å²) in [6.45, 7) is 0. The molecule has 0 saturated carbocycles. The van der Waals surface area contributed by atoms with Crippen LogP contribution in [0.15, 0.2) is 28.2 Å². The van der Waals surface area contributed by atoms with Gasteiger partial charge in [0.1, 0.15) is 11.6 Å². The van der Waals surface area contributed by atoms with E-state index in [0.717, 1.165) is 0 Å². The number of rotatable bonds is 3. The van der Waals surface area contributed by atoms with Crippen molar-refractivity contribution in [1.29, 1.82) is 5.26 Å². The summed E-state index contributed by atoms with van der Waals surface area (Å²) in [6, 6.07) is 6.23. The molecule has 2 aromatic rings. The molecule has 1 N–H and O–H groups in total. The van der Waals surface area contributed by atoms with Gasteiger partial charge in [0.2, 0.25) is 0 Å². The third kappa shape index (κ3) is 2.38. The number of hydrogen-bond donors (Lipinski definition) is 1. The SMILES string of the molecule is COc1cccc(-c2nc(SC)[nH]c(=O)c2C#N)c1F. The minimum absolute atomic E-state index is 0.0111. The Morgan fingerprint density at radius 3 is 2.85 bits per heavy atom. The number of methoxy groups -OCH3 is 1. The third-order valence-electron chi connectivity index (χ3n) is 2.64. The zero-order chi connectivity index (χ0) is 14.7. The van der Waals surface area contributed by atoms with Gasteiger partial charge in [-0.15, -0.1) is 0 Å². The molecule has 0 aliphatic heterocycles. The maximum absolute atomic E-state index is 14.2. The van der Waals surface area contributed by atoms with E-state index in [1.165, 1.54) is 31.0 Å². The van der Waals surface area contributed by atoms with E-state index in [1.54, 1.807) is 18.4 Å². The summed E-state index contributed by atoms with van der Waals surface area (Å²) in [5, 5.41) is 9.38. The second kappa shape index (κ2) is 5.75. The summed E-state index contributed by atoms with van der Waals surface area (Å²) in [7, 11) is 1.34. The highest BCUT2D eigenvalue weighted by Gasteiger charge is 2.18. The fourth-order valence-corrected chi connectivity index (χ4v) is 2.08. The van der Waals surface area contributed by atoms with Crippen molar-refractivity contribution in [1.82, 2.24) is 9.97 Å². The van der Waals surface area contributed by atoms with Crippen molar-refractivity contribution in [2.75, 3.05) is 13.4 Å². The predicted molar refractivity (Wildman–Crippen MR) is 73.3 cm³/mol. The number of H-pyrrole nitrogens is 1. The van der Waals surface area contributed by atoms with E-state index in [9.17, 15) is 9.18 Å². The van der Waals surface area contributed by atoms with Crippen LogP contribution < -0.4 is 10.3 Å². The average molecular weight is 291 g/mol. The standard InChI is InChI=1S/C13H10FN3O2S/c1-19-9-5-3-4-7(10(9)14)11-8(6-15)12(18)17-13(16-11)20-2/h3-5H,1-2H3,(H,16,17,18). The first kappa shape index (κ1) is 14.1. The Kier molecular flexibility index (Phi) is 4.05. The van der Waals surface area contributed by atoms with Gasteiger partial charge in [0, 0.05) is 5.56 Å². The van der Waals surface area contributed by atoms with Crippen molar-refractivity contribution in [2.45, 2.75) is 5.16 Å².